The Bertz CT molecular complexity index is 668. The van der Waals surface area contributed by atoms with E-state index in [0.717, 1.165) is 18.4 Å². The molecular formula is C19H25Cl2N3O2. The van der Waals surface area contributed by atoms with Gasteiger partial charge in [-0.3, -0.25) is 9.78 Å². The van der Waals surface area contributed by atoms with Crippen molar-refractivity contribution in [3.8, 4) is 0 Å². The highest BCUT2D eigenvalue weighted by atomic mass is 35.5. The Kier molecular flexibility index (Phi) is 9.59. The van der Waals surface area contributed by atoms with E-state index >= 15 is 0 Å². The summed E-state index contributed by atoms with van der Waals surface area (Å²) in [7, 11) is 0. The molecule has 0 bridgehead atoms. The molecule has 2 heterocycles. The van der Waals surface area contributed by atoms with Crippen molar-refractivity contribution in [3.05, 3.63) is 65.5 Å². The number of pyridine rings is 1. The van der Waals surface area contributed by atoms with E-state index in [1.54, 1.807) is 12.4 Å². The van der Waals surface area contributed by atoms with E-state index < -0.39 is 0 Å². The maximum Gasteiger partial charge on any atom is 0.251 e. The standard InChI is InChI=1S/C19H23N3O2.2ClH/c20-8-5-14-1-3-16(4-2-14)19(23)22-18-13-24-12-17(18)11-15-6-9-21-10-7-15;;/h1-4,6-7,9-10,17-18H,5,8,11-13,20H2,(H,22,23);2*1H/t17-,18-;;/m1../s1. The Labute approximate surface area is 166 Å². The molecule has 2 aromatic rings. The highest BCUT2D eigenvalue weighted by molar-refractivity contribution is 5.94. The van der Waals surface area contributed by atoms with Gasteiger partial charge in [-0.1, -0.05) is 12.1 Å². The first-order chi connectivity index (χ1) is 11.8. The Morgan fingerprint density at radius 2 is 1.77 bits per heavy atom. The van der Waals surface area contributed by atoms with Crippen molar-refractivity contribution in [1.82, 2.24) is 10.3 Å². The van der Waals surface area contributed by atoms with Crippen molar-refractivity contribution < 1.29 is 9.53 Å². The molecule has 26 heavy (non-hydrogen) atoms. The second-order valence-electron chi connectivity index (χ2n) is 6.17. The van der Waals surface area contributed by atoms with E-state index in [1.807, 2.05) is 36.4 Å². The van der Waals surface area contributed by atoms with Crippen molar-refractivity contribution in [1.29, 1.82) is 0 Å². The van der Waals surface area contributed by atoms with Crippen LogP contribution in [0.15, 0.2) is 48.8 Å². The molecule has 3 N–H and O–H groups in total. The molecule has 0 aliphatic carbocycles. The van der Waals surface area contributed by atoms with Crippen molar-refractivity contribution in [2.75, 3.05) is 19.8 Å². The minimum absolute atomic E-state index is 0. The van der Waals surface area contributed by atoms with Gasteiger partial charge in [0.05, 0.1) is 19.3 Å². The van der Waals surface area contributed by atoms with E-state index in [0.29, 0.717) is 25.3 Å². The van der Waals surface area contributed by atoms with Crippen LogP contribution in [0.3, 0.4) is 0 Å². The van der Waals surface area contributed by atoms with Crippen LogP contribution < -0.4 is 11.1 Å². The number of nitrogens with one attached hydrogen (secondary N) is 1. The lowest BCUT2D eigenvalue weighted by Gasteiger charge is -2.19. The van der Waals surface area contributed by atoms with Crippen LogP contribution in [0.2, 0.25) is 0 Å². The largest absolute Gasteiger partial charge is 0.379 e. The molecule has 1 aromatic heterocycles. The SMILES string of the molecule is Cl.Cl.NCCc1ccc(C(=O)N[C@@H]2COC[C@H]2Cc2ccncc2)cc1. The summed E-state index contributed by atoms with van der Waals surface area (Å²) in [5.74, 6) is 0.234. The summed E-state index contributed by atoms with van der Waals surface area (Å²) in [6.45, 7) is 1.84. The summed E-state index contributed by atoms with van der Waals surface area (Å²) in [6, 6.07) is 11.7. The predicted octanol–water partition coefficient (Wildman–Crippen LogP) is 2.41. The Balaban J connectivity index is 0.00000169. The molecule has 1 fully saturated rings. The predicted molar refractivity (Wildman–Crippen MR) is 107 cm³/mol. The van der Waals surface area contributed by atoms with E-state index in [2.05, 4.69) is 10.3 Å². The zero-order chi connectivity index (χ0) is 16.8. The zero-order valence-electron chi connectivity index (χ0n) is 14.5. The van der Waals surface area contributed by atoms with Gasteiger partial charge >= 0.3 is 0 Å². The summed E-state index contributed by atoms with van der Waals surface area (Å²) in [6.07, 6.45) is 5.29. The average molecular weight is 398 g/mol. The third-order valence-electron chi connectivity index (χ3n) is 4.41. The summed E-state index contributed by atoms with van der Waals surface area (Å²) >= 11 is 0. The Morgan fingerprint density at radius 1 is 1.08 bits per heavy atom. The Morgan fingerprint density at radius 3 is 2.42 bits per heavy atom. The molecule has 7 heteroatoms. The van der Waals surface area contributed by atoms with Crippen molar-refractivity contribution in [2.24, 2.45) is 11.7 Å². The van der Waals surface area contributed by atoms with E-state index in [9.17, 15) is 4.79 Å². The van der Waals surface area contributed by atoms with Crippen LogP contribution in [0, 0.1) is 5.92 Å². The minimum Gasteiger partial charge on any atom is -0.379 e. The van der Waals surface area contributed by atoms with Crippen molar-refractivity contribution in [2.45, 2.75) is 18.9 Å². The van der Waals surface area contributed by atoms with Crippen LogP contribution in [-0.2, 0) is 17.6 Å². The average Bonchev–Trinajstić information content (AvgIpc) is 3.03. The van der Waals surface area contributed by atoms with Gasteiger partial charge in [-0.15, -0.1) is 24.8 Å². The number of aromatic nitrogens is 1. The molecule has 1 saturated heterocycles. The van der Waals surface area contributed by atoms with E-state index in [4.69, 9.17) is 10.5 Å². The van der Waals surface area contributed by atoms with Crippen LogP contribution in [0.4, 0.5) is 0 Å². The van der Waals surface area contributed by atoms with Crippen LogP contribution in [0.5, 0.6) is 0 Å². The summed E-state index contributed by atoms with van der Waals surface area (Å²) in [5.41, 5.74) is 8.58. The summed E-state index contributed by atoms with van der Waals surface area (Å²) in [4.78, 5) is 16.5. The molecule has 0 radical (unpaired) electrons. The first-order valence-corrected chi connectivity index (χ1v) is 8.33. The van der Waals surface area contributed by atoms with Crippen LogP contribution in [0.1, 0.15) is 21.5 Å². The van der Waals surface area contributed by atoms with E-state index in [1.165, 1.54) is 5.56 Å². The fraction of sp³-hybridized carbons (Fsp3) is 0.368. The molecular weight excluding hydrogens is 373 g/mol. The first kappa shape index (κ1) is 22.4. The molecule has 142 valence electrons. The van der Waals surface area contributed by atoms with Crippen LogP contribution >= 0.6 is 24.8 Å². The first-order valence-electron chi connectivity index (χ1n) is 8.33. The van der Waals surface area contributed by atoms with Crippen LogP contribution in [-0.4, -0.2) is 36.7 Å². The number of ether oxygens (including phenoxy) is 1. The van der Waals surface area contributed by atoms with Gasteiger partial charge in [0.15, 0.2) is 0 Å². The van der Waals surface area contributed by atoms with Gasteiger partial charge < -0.3 is 15.8 Å². The number of benzene rings is 1. The molecule has 0 unspecified atom stereocenters. The van der Waals surface area contributed by atoms with Crippen LogP contribution in [0.25, 0.3) is 0 Å². The molecule has 1 aliphatic rings. The maximum atomic E-state index is 12.5. The quantitative estimate of drug-likeness (QED) is 0.784. The number of amides is 1. The molecule has 1 amide bonds. The summed E-state index contributed by atoms with van der Waals surface area (Å²) in [5, 5.41) is 3.11. The number of rotatable bonds is 6. The summed E-state index contributed by atoms with van der Waals surface area (Å²) < 4.78 is 5.59. The second-order valence-corrected chi connectivity index (χ2v) is 6.17. The van der Waals surface area contributed by atoms with Gasteiger partial charge in [-0.05, 0) is 54.8 Å². The smallest absolute Gasteiger partial charge is 0.251 e. The number of hydrogen-bond donors (Lipinski definition) is 2. The third kappa shape index (κ3) is 5.95. The molecule has 5 nitrogen and oxygen atoms in total. The number of nitrogens with two attached hydrogens (primary N) is 1. The normalized spacial score (nSPS) is 18.5. The zero-order valence-corrected chi connectivity index (χ0v) is 16.1. The minimum atomic E-state index is -0.0514. The lowest BCUT2D eigenvalue weighted by Crippen LogP contribution is -2.40. The fourth-order valence-electron chi connectivity index (χ4n) is 3.02. The molecule has 1 aromatic carbocycles. The number of nitrogens with zero attached hydrogens (tertiary/aromatic N) is 1. The number of carbonyl (C=O) groups is 1. The van der Waals surface area contributed by atoms with Gasteiger partial charge in [0.2, 0.25) is 0 Å². The van der Waals surface area contributed by atoms with Gasteiger partial charge in [0, 0.05) is 23.9 Å². The lowest BCUT2D eigenvalue weighted by atomic mass is 9.95. The van der Waals surface area contributed by atoms with Gasteiger partial charge in [0.25, 0.3) is 5.91 Å². The van der Waals surface area contributed by atoms with Crippen molar-refractivity contribution >= 4 is 30.7 Å². The third-order valence-corrected chi connectivity index (χ3v) is 4.41. The number of halogens is 2. The number of carbonyl (C=O) groups excluding carboxylic acids is 1. The second kappa shape index (κ2) is 11.1. The molecule has 2 atom stereocenters. The topological polar surface area (TPSA) is 77.2 Å². The molecule has 0 spiro atoms. The fourth-order valence-corrected chi connectivity index (χ4v) is 3.02. The Hall–Kier alpha value is -1.66. The van der Waals surface area contributed by atoms with Gasteiger partial charge in [-0.2, -0.15) is 0 Å². The number of hydrogen-bond acceptors (Lipinski definition) is 4. The monoisotopic (exact) mass is 397 g/mol. The van der Waals surface area contributed by atoms with Gasteiger partial charge in [0.1, 0.15) is 0 Å². The van der Waals surface area contributed by atoms with Crippen molar-refractivity contribution in [3.63, 3.8) is 0 Å². The maximum absolute atomic E-state index is 12.5. The molecule has 1 aliphatic heterocycles. The molecule has 0 saturated carbocycles. The lowest BCUT2D eigenvalue weighted by molar-refractivity contribution is 0.0925. The van der Waals surface area contributed by atoms with Gasteiger partial charge in [-0.25, -0.2) is 0 Å². The highest BCUT2D eigenvalue weighted by Gasteiger charge is 2.29. The van der Waals surface area contributed by atoms with E-state index in [-0.39, 0.29) is 42.7 Å². The highest BCUT2D eigenvalue weighted by Crippen LogP contribution is 2.19. The molecule has 3 rings (SSSR count).